The van der Waals surface area contributed by atoms with E-state index in [4.69, 9.17) is 5.11 Å². The van der Waals surface area contributed by atoms with Crippen LogP contribution < -0.4 is 10.6 Å². The Morgan fingerprint density at radius 1 is 1.31 bits per heavy atom. The summed E-state index contributed by atoms with van der Waals surface area (Å²) < 4.78 is 0. The van der Waals surface area contributed by atoms with Crippen LogP contribution >= 0.6 is 0 Å². The molecule has 3 N–H and O–H groups in total. The fraction of sp³-hybridized carbons (Fsp3) is 0.818. The zero-order valence-corrected chi connectivity index (χ0v) is 10.1. The number of aliphatic carboxylic acids is 1. The predicted molar refractivity (Wildman–Crippen MR) is 62.2 cm³/mol. The molecule has 0 aromatic heterocycles. The summed E-state index contributed by atoms with van der Waals surface area (Å²) in [6.45, 7) is 5.88. The first-order valence-corrected chi connectivity index (χ1v) is 5.79. The Kier molecular flexibility index (Phi) is 8.52. The maximum Gasteiger partial charge on any atom is 0.303 e. The number of carboxylic acids is 1. The first kappa shape index (κ1) is 14.9. The molecule has 0 saturated heterocycles. The van der Waals surface area contributed by atoms with Gasteiger partial charge in [-0.1, -0.05) is 20.3 Å². The number of carbonyl (C=O) groups is 2. The van der Waals surface area contributed by atoms with Gasteiger partial charge in [-0.25, -0.2) is 0 Å². The Balaban J connectivity index is 3.66. The van der Waals surface area contributed by atoms with Crippen molar-refractivity contribution in [3.05, 3.63) is 0 Å². The highest BCUT2D eigenvalue weighted by Gasteiger charge is 2.12. The molecule has 0 fully saturated rings. The molecule has 1 unspecified atom stereocenters. The molecule has 0 heterocycles. The van der Waals surface area contributed by atoms with Crippen LogP contribution in [0.15, 0.2) is 0 Å². The summed E-state index contributed by atoms with van der Waals surface area (Å²) in [7, 11) is 0. The summed E-state index contributed by atoms with van der Waals surface area (Å²) in [5.74, 6) is -0.806. The normalized spacial score (nSPS) is 12.1. The number of carboxylic acid groups (broad SMARTS) is 1. The van der Waals surface area contributed by atoms with Gasteiger partial charge >= 0.3 is 5.97 Å². The molecule has 5 nitrogen and oxygen atoms in total. The quantitative estimate of drug-likeness (QED) is 0.507. The average Bonchev–Trinajstić information content (AvgIpc) is 2.24. The van der Waals surface area contributed by atoms with Gasteiger partial charge in [0.15, 0.2) is 0 Å². The van der Waals surface area contributed by atoms with E-state index in [1.165, 1.54) is 0 Å². The lowest BCUT2D eigenvalue weighted by molar-refractivity contribution is -0.138. The highest BCUT2D eigenvalue weighted by atomic mass is 16.4. The van der Waals surface area contributed by atoms with E-state index in [0.29, 0.717) is 19.5 Å². The number of hydrogen-bond acceptors (Lipinski definition) is 3. The first-order valence-electron chi connectivity index (χ1n) is 5.79. The molecule has 94 valence electrons. The highest BCUT2D eigenvalue weighted by Crippen LogP contribution is 2.06. The van der Waals surface area contributed by atoms with Gasteiger partial charge in [-0.2, -0.15) is 0 Å². The van der Waals surface area contributed by atoms with Crippen molar-refractivity contribution in [2.45, 2.75) is 33.1 Å². The van der Waals surface area contributed by atoms with Crippen LogP contribution in [0.3, 0.4) is 0 Å². The molecule has 0 saturated carbocycles. The third-order valence-electron chi connectivity index (χ3n) is 2.41. The largest absolute Gasteiger partial charge is 0.481 e. The van der Waals surface area contributed by atoms with Gasteiger partial charge in [-0.05, 0) is 12.5 Å². The van der Waals surface area contributed by atoms with Gasteiger partial charge in [-0.15, -0.1) is 0 Å². The van der Waals surface area contributed by atoms with Crippen LogP contribution in [-0.4, -0.2) is 36.6 Å². The smallest absolute Gasteiger partial charge is 0.303 e. The molecule has 0 aromatic carbocycles. The monoisotopic (exact) mass is 230 g/mol. The van der Waals surface area contributed by atoms with Gasteiger partial charge in [0.1, 0.15) is 0 Å². The van der Waals surface area contributed by atoms with Crippen LogP contribution in [0.4, 0.5) is 0 Å². The molecule has 16 heavy (non-hydrogen) atoms. The van der Waals surface area contributed by atoms with E-state index < -0.39 is 5.97 Å². The van der Waals surface area contributed by atoms with E-state index >= 15 is 0 Å². The summed E-state index contributed by atoms with van der Waals surface area (Å²) in [5.41, 5.74) is 0. The number of hydrogen-bond donors (Lipinski definition) is 3. The third kappa shape index (κ3) is 8.23. The van der Waals surface area contributed by atoms with E-state index in [-0.39, 0.29) is 18.2 Å². The number of amides is 1. The molecule has 0 aromatic rings. The van der Waals surface area contributed by atoms with Crippen LogP contribution in [-0.2, 0) is 9.59 Å². The molecule has 0 radical (unpaired) electrons. The molecule has 0 aliphatic heterocycles. The summed E-state index contributed by atoms with van der Waals surface area (Å²) in [6, 6.07) is 0. The lowest BCUT2D eigenvalue weighted by atomic mass is 10.0. The fourth-order valence-electron chi connectivity index (χ4n) is 1.33. The van der Waals surface area contributed by atoms with Crippen LogP contribution in [0.25, 0.3) is 0 Å². The van der Waals surface area contributed by atoms with Crippen molar-refractivity contribution in [1.29, 1.82) is 0 Å². The Morgan fingerprint density at radius 3 is 2.50 bits per heavy atom. The van der Waals surface area contributed by atoms with Gasteiger partial charge < -0.3 is 15.7 Å². The zero-order valence-electron chi connectivity index (χ0n) is 10.1. The second-order valence-electron chi connectivity index (χ2n) is 3.78. The zero-order chi connectivity index (χ0) is 12.4. The van der Waals surface area contributed by atoms with Crippen molar-refractivity contribution in [1.82, 2.24) is 10.6 Å². The molecule has 0 rings (SSSR count). The van der Waals surface area contributed by atoms with Gasteiger partial charge in [0, 0.05) is 25.9 Å². The SMILES string of the molecule is CCNCCC(=O)NCC(CC)CC(=O)O. The van der Waals surface area contributed by atoms with Gasteiger partial charge in [0.2, 0.25) is 5.91 Å². The van der Waals surface area contributed by atoms with Crippen molar-refractivity contribution in [2.24, 2.45) is 5.92 Å². The van der Waals surface area contributed by atoms with Crippen molar-refractivity contribution >= 4 is 11.9 Å². The molecular formula is C11H22N2O3. The van der Waals surface area contributed by atoms with Crippen molar-refractivity contribution in [2.75, 3.05) is 19.6 Å². The number of carbonyl (C=O) groups excluding carboxylic acids is 1. The Bertz CT molecular complexity index is 219. The average molecular weight is 230 g/mol. The topological polar surface area (TPSA) is 78.4 Å². The summed E-state index contributed by atoms with van der Waals surface area (Å²) in [6.07, 6.45) is 1.32. The van der Waals surface area contributed by atoms with E-state index in [0.717, 1.165) is 13.0 Å². The molecule has 5 heteroatoms. The van der Waals surface area contributed by atoms with Crippen molar-refractivity contribution in [3.63, 3.8) is 0 Å². The molecule has 0 aliphatic carbocycles. The second-order valence-corrected chi connectivity index (χ2v) is 3.78. The molecule has 0 bridgehead atoms. The van der Waals surface area contributed by atoms with Crippen LogP contribution in [0.1, 0.15) is 33.1 Å². The van der Waals surface area contributed by atoms with Crippen LogP contribution in [0, 0.1) is 5.92 Å². The van der Waals surface area contributed by atoms with Crippen LogP contribution in [0.2, 0.25) is 0 Å². The fourth-order valence-corrected chi connectivity index (χ4v) is 1.33. The van der Waals surface area contributed by atoms with Gasteiger partial charge in [0.05, 0.1) is 0 Å². The van der Waals surface area contributed by atoms with Crippen LogP contribution in [0.5, 0.6) is 0 Å². The minimum atomic E-state index is -0.811. The maximum absolute atomic E-state index is 11.3. The lowest BCUT2D eigenvalue weighted by Gasteiger charge is -2.13. The van der Waals surface area contributed by atoms with Gasteiger partial charge in [-0.3, -0.25) is 9.59 Å². The summed E-state index contributed by atoms with van der Waals surface area (Å²) >= 11 is 0. The van der Waals surface area contributed by atoms with E-state index in [1.807, 2.05) is 13.8 Å². The number of nitrogens with one attached hydrogen (secondary N) is 2. The van der Waals surface area contributed by atoms with E-state index in [1.54, 1.807) is 0 Å². The highest BCUT2D eigenvalue weighted by molar-refractivity contribution is 5.76. The third-order valence-corrected chi connectivity index (χ3v) is 2.41. The summed E-state index contributed by atoms with van der Waals surface area (Å²) in [4.78, 5) is 21.8. The van der Waals surface area contributed by atoms with Gasteiger partial charge in [0.25, 0.3) is 0 Å². The minimum Gasteiger partial charge on any atom is -0.481 e. The molecule has 1 amide bonds. The minimum absolute atomic E-state index is 0.0233. The molecule has 0 spiro atoms. The molecule has 1 atom stereocenters. The van der Waals surface area contributed by atoms with Crippen molar-refractivity contribution in [3.8, 4) is 0 Å². The summed E-state index contributed by atoms with van der Waals surface area (Å²) in [5, 5.41) is 14.4. The predicted octanol–water partition coefficient (Wildman–Crippen LogP) is 0.603. The Morgan fingerprint density at radius 2 is 2.00 bits per heavy atom. The standard InChI is InChI=1S/C11H22N2O3/c1-3-9(7-11(15)16)8-13-10(14)5-6-12-4-2/h9,12H,3-8H2,1-2H3,(H,13,14)(H,15,16). The van der Waals surface area contributed by atoms with Crippen molar-refractivity contribution < 1.29 is 14.7 Å². The second kappa shape index (κ2) is 9.15. The number of rotatable bonds is 9. The maximum atomic E-state index is 11.3. The first-order chi connectivity index (χ1) is 7.60. The van der Waals surface area contributed by atoms with E-state index in [9.17, 15) is 9.59 Å². The van der Waals surface area contributed by atoms with E-state index in [2.05, 4.69) is 10.6 Å². The lowest BCUT2D eigenvalue weighted by Crippen LogP contribution is -2.32. The Labute approximate surface area is 96.6 Å². The molecular weight excluding hydrogens is 208 g/mol. The molecule has 0 aliphatic rings. The Hall–Kier alpha value is -1.10.